The predicted molar refractivity (Wildman–Crippen MR) is 101 cm³/mol. The summed E-state index contributed by atoms with van der Waals surface area (Å²) >= 11 is 3.48. The van der Waals surface area contributed by atoms with Crippen LogP contribution in [0.5, 0.6) is 5.75 Å². The molecule has 2 aromatic rings. The number of quaternary nitrogens is 1. The van der Waals surface area contributed by atoms with Crippen LogP contribution in [0, 0.1) is 0 Å². The van der Waals surface area contributed by atoms with E-state index in [1.165, 1.54) is 5.56 Å². The Labute approximate surface area is 151 Å². The SMILES string of the molecule is CCc1ccc(NC(=O)C[NH+](C)Cc2cc(Br)ccc2OC)cc1. The number of ether oxygens (including phenoxy) is 1. The van der Waals surface area contributed by atoms with E-state index in [-0.39, 0.29) is 5.91 Å². The van der Waals surface area contributed by atoms with E-state index in [0.717, 1.165) is 32.8 Å². The summed E-state index contributed by atoms with van der Waals surface area (Å²) in [6.45, 7) is 3.22. The van der Waals surface area contributed by atoms with Crippen molar-refractivity contribution in [2.75, 3.05) is 26.0 Å². The number of carbonyl (C=O) groups is 1. The number of rotatable bonds is 7. The number of hydrogen-bond acceptors (Lipinski definition) is 2. The number of likely N-dealkylation sites (N-methyl/N-ethyl adjacent to an activating group) is 1. The van der Waals surface area contributed by atoms with E-state index in [2.05, 4.69) is 28.2 Å². The molecule has 0 bridgehead atoms. The van der Waals surface area contributed by atoms with Gasteiger partial charge in [-0.3, -0.25) is 4.79 Å². The van der Waals surface area contributed by atoms with Gasteiger partial charge in [-0.15, -0.1) is 0 Å². The molecule has 0 aliphatic heterocycles. The largest absolute Gasteiger partial charge is 0.496 e. The number of halogens is 1. The summed E-state index contributed by atoms with van der Waals surface area (Å²) in [7, 11) is 3.66. The van der Waals surface area contributed by atoms with Crippen molar-refractivity contribution in [2.24, 2.45) is 0 Å². The Morgan fingerprint density at radius 1 is 1.21 bits per heavy atom. The molecule has 5 heteroatoms. The van der Waals surface area contributed by atoms with Crippen molar-refractivity contribution in [1.82, 2.24) is 0 Å². The topological polar surface area (TPSA) is 42.8 Å². The zero-order valence-corrected chi connectivity index (χ0v) is 15.9. The monoisotopic (exact) mass is 391 g/mol. The third kappa shape index (κ3) is 5.35. The van der Waals surface area contributed by atoms with Crippen molar-refractivity contribution in [2.45, 2.75) is 19.9 Å². The van der Waals surface area contributed by atoms with Gasteiger partial charge in [0.15, 0.2) is 6.54 Å². The highest BCUT2D eigenvalue weighted by Crippen LogP contribution is 2.22. The van der Waals surface area contributed by atoms with E-state index in [0.29, 0.717) is 13.1 Å². The van der Waals surface area contributed by atoms with Crippen LogP contribution in [0.25, 0.3) is 0 Å². The summed E-state index contributed by atoms with van der Waals surface area (Å²) in [5, 5.41) is 2.95. The number of hydrogen-bond donors (Lipinski definition) is 2. The fourth-order valence-corrected chi connectivity index (χ4v) is 2.98. The molecule has 2 N–H and O–H groups in total. The second kappa shape index (κ2) is 8.85. The van der Waals surface area contributed by atoms with Gasteiger partial charge < -0.3 is 15.0 Å². The molecular weight excluding hydrogens is 368 g/mol. The summed E-state index contributed by atoms with van der Waals surface area (Å²) in [5.74, 6) is 0.846. The van der Waals surface area contributed by atoms with Crippen molar-refractivity contribution in [3.63, 3.8) is 0 Å². The Kier molecular flexibility index (Phi) is 6.82. The molecule has 0 aliphatic carbocycles. The fourth-order valence-electron chi connectivity index (χ4n) is 2.58. The van der Waals surface area contributed by atoms with E-state index in [4.69, 9.17) is 4.74 Å². The van der Waals surface area contributed by atoms with Gasteiger partial charge in [0.1, 0.15) is 12.3 Å². The Bertz CT molecular complexity index is 686. The predicted octanol–water partition coefficient (Wildman–Crippen LogP) is 2.67. The van der Waals surface area contributed by atoms with Crippen molar-refractivity contribution in [1.29, 1.82) is 0 Å². The molecule has 0 saturated heterocycles. The molecule has 128 valence electrons. The lowest BCUT2D eigenvalue weighted by Gasteiger charge is -2.16. The molecule has 1 atom stereocenters. The van der Waals surface area contributed by atoms with Gasteiger partial charge in [-0.05, 0) is 42.3 Å². The van der Waals surface area contributed by atoms with Crippen LogP contribution in [-0.4, -0.2) is 26.6 Å². The second-order valence-corrected chi connectivity index (χ2v) is 6.78. The lowest BCUT2D eigenvalue weighted by Crippen LogP contribution is -3.08. The van der Waals surface area contributed by atoms with Crippen LogP contribution in [0.3, 0.4) is 0 Å². The zero-order chi connectivity index (χ0) is 17.5. The first-order valence-corrected chi connectivity index (χ1v) is 8.83. The molecule has 0 saturated carbocycles. The fraction of sp³-hybridized carbons (Fsp3) is 0.316. The number of carbonyl (C=O) groups excluding carboxylic acids is 1. The second-order valence-electron chi connectivity index (χ2n) is 5.87. The molecule has 0 aromatic heterocycles. The van der Waals surface area contributed by atoms with Crippen LogP contribution in [-0.2, 0) is 17.8 Å². The van der Waals surface area contributed by atoms with Crippen LogP contribution in [0.1, 0.15) is 18.1 Å². The molecule has 0 fully saturated rings. The standard InChI is InChI=1S/C19H23BrN2O2/c1-4-14-5-8-17(9-6-14)21-19(23)13-22(2)12-15-11-16(20)7-10-18(15)24-3/h5-11H,4,12-13H2,1-3H3,(H,21,23)/p+1. The number of methoxy groups -OCH3 is 1. The van der Waals surface area contributed by atoms with Gasteiger partial charge in [-0.1, -0.05) is 35.0 Å². The van der Waals surface area contributed by atoms with Gasteiger partial charge in [0.2, 0.25) is 0 Å². The molecule has 0 heterocycles. The number of anilines is 1. The first-order chi connectivity index (χ1) is 11.5. The maximum atomic E-state index is 12.2. The van der Waals surface area contributed by atoms with Gasteiger partial charge in [-0.2, -0.15) is 0 Å². The van der Waals surface area contributed by atoms with E-state index in [1.807, 2.05) is 49.5 Å². The molecule has 4 nitrogen and oxygen atoms in total. The molecule has 0 radical (unpaired) electrons. The van der Waals surface area contributed by atoms with Gasteiger partial charge >= 0.3 is 0 Å². The Hall–Kier alpha value is -1.85. The highest BCUT2D eigenvalue weighted by molar-refractivity contribution is 9.10. The van der Waals surface area contributed by atoms with E-state index in [9.17, 15) is 4.79 Å². The van der Waals surface area contributed by atoms with Crippen LogP contribution in [0.15, 0.2) is 46.9 Å². The Balaban J connectivity index is 1.92. The van der Waals surface area contributed by atoms with E-state index < -0.39 is 0 Å². The smallest absolute Gasteiger partial charge is 0.279 e. The Morgan fingerprint density at radius 2 is 1.92 bits per heavy atom. The first kappa shape index (κ1) is 18.5. The minimum absolute atomic E-state index is 0.00529. The number of aryl methyl sites for hydroxylation is 1. The summed E-state index contributed by atoms with van der Waals surface area (Å²) < 4.78 is 6.40. The van der Waals surface area contributed by atoms with Gasteiger partial charge in [0.25, 0.3) is 5.91 Å². The normalized spacial score (nSPS) is 11.8. The lowest BCUT2D eigenvalue weighted by molar-refractivity contribution is -0.885. The maximum absolute atomic E-state index is 12.2. The van der Waals surface area contributed by atoms with Gasteiger partial charge in [0, 0.05) is 15.7 Å². The summed E-state index contributed by atoms with van der Waals surface area (Å²) in [4.78, 5) is 13.3. The number of amides is 1. The third-order valence-electron chi connectivity index (χ3n) is 3.84. The first-order valence-electron chi connectivity index (χ1n) is 8.04. The molecule has 2 aromatic carbocycles. The third-order valence-corrected chi connectivity index (χ3v) is 4.34. The quantitative estimate of drug-likeness (QED) is 0.761. The molecule has 1 amide bonds. The van der Waals surface area contributed by atoms with Crippen molar-refractivity contribution < 1.29 is 14.4 Å². The molecule has 0 aliphatic rings. The Morgan fingerprint density at radius 3 is 2.54 bits per heavy atom. The molecule has 0 spiro atoms. The molecule has 2 rings (SSSR count). The van der Waals surface area contributed by atoms with Crippen molar-refractivity contribution >= 4 is 27.5 Å². The van der Waals surface area contributed by atoms with Gasteiger partial charge in [0.05, 0.1) is 14.2 Å². The van der Waals surface area contributed by atoms with Crippen LogP contribution in [0.4, 0.5) is 5.69 Å². The van der Waals surface area contributed by atoms with E-state index >= 15 is 0 Å². The highest BCUT2D eigenvalue weighted by Gasteiger charge is 2.14. The van der Waals surface area contributed by atoms with Crippen LogP contribution in [0.2, 0.25) is 0 Å². The molecule has 24 heavy (non-hydrogen) atoms. The van der Waals surface area contributed by atoms with Crippen molar-refractivity contribution in [3.05, 3.63) is 58.1 Å². The van der Waals surface area contributed by atoms with Crippen LogP contribution >= 0.6 is 15.9 Å². The van der Waals surface area contributed by atoms with Crippen LogP contribution < -0.4 is 15.0 Å². The highest BCUT2D eigenvalue weighted by atomic mass is 79.9. The molecule has 1 unspecified atom stereocenters. The summed E-state index contributed by atoms with van der Waals surface area (Å²) in [6, 6.07) is 13.9. The number of benzene rings is 2. The van der Waals surface area contributed by atoms with Crippen molar-refractivity contribution in [3.8, 4) is 5.75 Å². The average molecular weight is 392 g/mol. The summed E-state index contributed by atoms with van der Waals surface area (Å²) in [5.41, 5.74) is 3.17. The van der Waals surface area contributed by atoms with Gasteiger partial charge in [-0.25, -0.2) is 0 Å². The number of nitrogens with one attached hydrogen (secondary N) is 2. The molecular formula is C19H24BrN2O2+. The maximum Gasteiger partial charge on any atom is 0.279 e. The minimum Gasteiger partial charge on any atom is -0.496 e. The average Bonchev–Trinajstić information content (AvgIpc) is 2.55. The van der Waals surface area contributed by atoms with E-state index in [1.54, 1.807) is 7.11 Å². The summed E-state index contributed by atoms with van der Waals surface area (Å²) in [6.07, 6.45) is 0.996. The lowest BCUT2D eigenvalue weighted by atomic mass is 10.1. The minimum atomic E-state index is 0.00529. The zero-order valence-electron chi connectivity index (χ0n) is 14.4.